The third kappa shape index (κ3) is 7.55. The number of rotatable bonds is 12. The van der Waals surface area contributed by atoms with Crippen LogP contribution in [0.5, 0.6) is 0 Å². The topological polar surface area (TPSA) is 63.7 Å². The van der Waals surface area contributed by atoms with Crippen LogP contribution in [0.1, 0.15) is 62.1 Å². The molecule has 2 atom stereocenters. The lowest BCUT2D eigenvalue weighted by Gasteiger charge is -2.24. The molecule has 2 aromatic carbocycles. The molecule has 1 heterocycles. The van der Waals surface area contributed by atoms with Gasteiger partial charge in [0, 0.05) is 12.3 Å². The molecule has 0 unspecified atom stereocenters. The number of Topliss-reactive ketones (excluding diaryl/α,β-unsaturated/α-hetero) is 1. The molecule has 2 amide bonds. The minimum Gasteiger partial charge on any atom is -0.447 e. The smallest absolute Gasteiger partial charge is 0.416 e. The van der Waals surface area contributed by atoms with E-state index in [9.17, 15) is 14.4 Å². The zero-order chi connectivity index (χ0) is 23.6. The van der Waals surface area contributed by atoms with Crippen molar-refractivity contribution in [3.8, 4) is 0 Å². The Morgan fingerprint density at radius 3 is 2.36 bits per heavy atom. The summed E-state index contributed by atoms with van der Waals surface area (Å²) < 4.78 is 5.21. The van der Waals surface area contributed by atoms with Gasteiger partial charge in [0.25, 0.3) is 0 Å². The Hall–Kier alpha value is -2.95. The van der Waals surface area contributed by atoms with Crippen molar-refractivity contribution in [3.05, 3.63) is 71.3 Å². The van der Waals surface area contributed by atoms with Crippen LogP contribution in [0.4, 0.5) is 4.79 Å². The lowest BCUT2D eigenvalue weighted by molar-refractivity contribution is -0.136. The highest BCUT2D eigenvalue weighted by Gasteiger charge is 2.40. The minimum atomic E-state index is -0.590. The van der Waals surface area contributed by atoms with Crippen LogP contribution < -0.4 is 0 Å². The number of ketones is 1. The molecule has 0 saturated carbocycles. The summed E-state index contributed by atoms with van der Waals surface area (Å²) in [6.45, 7) is 3.80. The summed E-state index contributed by atoms with van der Waals surface area (Å²) >= 11 is 0. The Morgan fingerprint density at radius 1 is 0.970 bits per heavy atom. The second-order valence-electron chi connectivity index (χ2n) is 9.17. The number of nitrogens with zero attached hydrogens (tertiary/aromatic N) is 1. The molecular formula is C28H35NO4. The zero-order valence-electron chi connectivity index (χ0n) is 19.8. The molecule has 1 aliphatic rings. The van der Waals surface area contributed by atoms with Crippen molar-refractivity contribution < 1.29 is 19.1 Å². The van der Waals surface area contributed by atoms with Crippen LogP contribution >= 0.6 is 0 Å². The predicted molar refractivity (Wildman–Crippen MR) is 129 cm³/mol. The van der Waals surface area contributed by atoms with E-state index in [0.29, 0.717) is 12.8 Å². The van der Waals surface area contributed by atoms with E-state index in [-0.39, 0.29) is 30.8 Å². The van der Waals surface area contributed by atoms with Crippen LogP contribution in [-0.4, -0.2) is 35.3 Å². The molecule has 176 valence electrons. The van der Waals surface area contributed by atoms with Gasteiger partial charge in [-0.05, 0) is 50.7 Å². The van der Waals surface area contributed by atoms with Gasteiger partial charge in [0.05, 0.1) is 6.04 Å². The number of hydrogen-bond donors (Lipinski definition) is 0. The highest BCUT2D eigenvalue weighted by Crippen LogP contribution is 2.25. The molecule has 0 aromatic heterocycles. The Balaban J connectivity index is 1.51. The van der Waals surface area contributed by atoms with Gasteiger partial charge in [-0.3, -0.25) is 4.79 Å². The number of hydrogen-bond acceptors (Lipinski definition) is 4. The van der Waals surface area contributed by atoms with Gasteiger partial charge in [-0.25, -0.2) is 9.69 Å². The number of amides is 2. The second kappa shape index (κ2) is 12.3. The van der Waals surface area contributed by atoms with Gasteiger partial charge < -0.3 is 9.53 Å². The molecule has 0 radical (unpaired) electrons. The summed E-state index contributed by atoms with van der Waals surface area (Å²) in [7, 11) is 0. The van der Waals surface area contributed by atoms with E-state index in [1.54, 1.807) is 0 Å². The van der Waals surface area contributed by atoms with E-state index in [1.807, 2.05) is 30.3 Å². The lowest BCUT2D eigenvalue weighted by atomic mass is 9.93. The first-order valence-corrected chi connectivity index (χ1v) is 12.0. The number of cyclic esters (lactones) is 1. The fourth-order valence-electron chi connectivity index (χ4n) is 4.45. The van der Waals surface area contributed by atoms with Gasteiger partial charge in [0.15, 0.2) is 0 Å². The first kappa shape index (κ1) is 24.7. The maximum absolute atomic E-state index is 13.3. The summed E-state index contributed by atoms with van der Waals surface area (Å²) in [4.78, 5) is 38.8. The van der Waals surface area contributed by atoms with E-state index in [2.05, 4.69) is 31.2 Å². The monoisotopic (exact) mass is 449 g/mol. The van der Waals surface area contributed by atoms with Gasteiger partial charge in [-0.2, -0.15) is 0 Å². The fourth-order valence-corrected chi connectivity index (χ4v) is 4.45. The molecule has 3 rings (SSSR count). The van der Waals surface area contributed by atoms with Gasteiger partial charge in [-0.1, -0.05) is 79.4 Å². The molecule has 0 bridgehead atoms. The van der Waals surface area contributed by atoms with Crippen LogP contribution in [0.25, 0.3) is 0 Å². The van der Waals surface area contributed by atoms with Crippen LogP contribution in [0.15, 0.2) is 54.6 Å². The Bertz CT molecular complexity index is 923. The summed E-state index contributed by atoms with van der Waals surface area (Å²) in [5.74, 6) is -0.767. The molecule has 2 aromatic rings. The average Bonchev–Trinajstić information content (AvgIpc) is 3.16. The zero-order valence-corrected chi connectivity index (χ0v) is 19.8. The Labute approximate surface area is 197 Å². The average molecular weight is 450 g/mol. The highest BCUT2D eigenvalue weighted by atomic mass is 16.6. The molecule has 1 fully saturated rings. The molecule has 1 aliphatic heterocycles. The fraction of sp³-hybridized carbons (Fsp3) is 0.464. The molecule has 5 heteroatoms. The first-order valence-electron chi connectivity index (χ1n) is 12.0. The number of carbonyl (C=O) groups is 3. The molecule has 5 nitrogen and oxygen atoms in total. The predicted octanol–water partition coefficient (Wildman–Crippen LogP) is 5.67. The van der Waals surface area contributed by atoms with Crippen molar-refractivity contribution in [3.63, 3.8) is 0 Å². The summed E-state index contributed by atoms with van der Waals surface area (Å²) in [5, 5.41) is 0. The standard InChI is InChI=1S/C28H35NO4/c1-21-14-16-23(17-15-21)10-6-3-4-9-13-25(18-22(2)30)27(31)29-26(20-33-28(29)32)19-24-11-7-5-8-12-24/h5,7-8,11-12,14-17,25-26H,3-4,6,9-10,13,18-20H2,1-2H3/t25-,26+/m1/s1. The van der Waals surface area contributed by atoms with Gasteiger partial charge in [-0.15, -0.1) is 0 Å². The highest BCUT2D eigenvalue weighted by molar-refractivity contribution is 5.96. The van der Waals surface area contributed by atoms with Gasteiger partial charge >= 0.3 is 6.09 Å². The second-order valence-corrected chi connectivity index (χ2v) is 9.17. The van der Waals surface area contributed by atoms with Crippen molar-refractivity contribution >= 4 is 17.8 Å². The van der Waals surface area contributed by atoms with E-state index < -0.39 is 12.0 Å². The third-order valence-corrected chi connectivity index (χ3v) is 6.28. The SMILES string of the molecule is CC(=O)C[C@@H](CCCCCCc1ccc(C)cc1)C(=O)N1C(=O)OC[C@@H]1Cc1ccccc1. The van der Waals surface area contributed by atoms with Crippen molar-refractivity contribution in [1.82, 2.24) is 4.90 Å². The number of carbonyl (C=O) groups excluding carboxylic acids is 3. The van der Waals surface area contributed by atoms with E-state index in [1.165, 1.54) is 23.0 Å². The lowest BCUT2D eigenvalue weighted by Crippen LogP contribution is -2.44. The summed E-state index contributed by atoms with van der Waals surface area (Å²) in [5.41, 5.74) is 3.67. The Kier molecular flexibility index (Phi) is 9.23. The van der Waals surface area contributed by atoms with Crippen LogP contribution in [0.2, 0.25) is 0 Å². The summed E-state index contributed by atoms with van der Waals surface area (Å²) in [6, 6.07) is 18.1. The quantitative estimate of drug-likeness (QED) is 0.392. The number of aryl methyl sites for hydroxylation is 2. The number of ether oxygens (including phenoxy) is 1. The molecule has 1 saturated heterocycles. The third-order valence-electron chi connectivity index (χ3n) is 6.28. The van der Waals surface area contributed by atoms with Crippen molar-refractivity contribution in [1.29, 1.82) is 0 Å². The van der Waals surface area contributed by atoms with Crippen molar-refractivity contribution in [2.75, 3.05) is 6.61 Å². The van der Waals surface area contributed by atoms with E-state index >= 15 is 0 Å². The molecular weight excluding hydrogens is 414 g/mol. The molecule has 0 spiro atoms. The van der Waals surface area contributed by atoms with Crippen LogP contribution in [0.3, 0.4) is 0 Å². The van der Waals surface area contributed by atoms with E-state index in [0.717, 1.165) is 37.7 Å². The van der Waals surface area contributed by atoms with Crippen LogP contribution in [0, 0.1) is 12.8 Å². The van der Waals surface area contributed by atoms with Gasteiger partial charge in [0.1, 0.15) is 12.4 Å². The van der Waals surface area contributed by atoms with Crippen LogP contribution in [-0.2, 0) is 27.2 Å². The van der Waals surface area contributed by atoms with Crippen molar-refractivity contribution in [2.24, 2.45) is 5.92 Å². The normalized spacial score (nSPS) is 16.5. The Morgan fingerprint density at radius 2 is 1.67 bits per heavy atom. The van der Waals surface area contributed by atoms with E-state index in [4.69, 9.17) is 4.74 Å². The molecule has 0 N–H and O–H groups in total. The summed E-state index contributed by atoms with van der Waals surface area (Å²) in [6.07, 6.45) is 5.86. The maximum atomic E-state index is 13.3. The molecule has 33 heavy (non-hydrogen) atoms. The largest absolute Gasteiger partial charge is 0.447 e. The minimum absolute atomic E-state index is 0.0279. The number of imide groups is 1. The number of benzene rings is 2. The van der Waals surface area contributed by atoms with Gasteiger partial charge in [0.2, 0.25) is 5.91 Å². The number of unbranched alkanes of at least 4 members (excludes halogenated alkanes) is 3. The molecule has 0 aliphatic carbocycles. The maximum Gasteiger partial charge on any atom is 0.416 e. The van der Waals surface area contributed by atoms with Crippen molar-refractivity contribution in [2.45, 2.75) is 71.3 Å². The first-order chi connectivity index (χ1) is 15.9.